The summed E-state index contributed by atoms with van der Waals surface area (Å²) in [6, 6.07) is 46.0. The molecule has 184 valence electrons. The summed E-state index contributed by atoms with van der Waals surface area (Å²) < 4.78 is 0. The van der Waals surface area contributed by atoms with Crippen molar-refractivity contribution in [2.75, 3.05) is 0 Å². The maximum atomic E-state index is 6.49. The van der Waals surface area contributed by atoms with E-state index < -0.39 is 0 Å². The van der Waals surface area contributed by atoms with Gasteiger partial charge >= 0.3 is 0 Å². The van der Waals surface area contributed by atoms with Crippen LogP contribution in [0.1, 0.15) is 0 Å². The summed E-state index contributed by atoms with van der Waals surface area (Å²) in [5.74, 6) is 1.09. The Morgan fingerprint density at radius 3 is 1.74 bits per heavy atom. The molecule has 7 rings (SSSR count). The lowest BCUT2D eigenvalue weighted by atomic mass is 9.91. The van der Waals surface area contributed by atoms with Gasteiger partial charge in [-0.15, -0.1) is 0 Å². The molecule has 0 aliphatic rings. The highest BCUT2D eigenvalue weighted by Crippen LogP contribution is 2.39. The number of hydrogen-bond donors (Lipinski definition) is 0. The fraction of sp³-hybridized carbons (Fsp3) is 0. The third-order valence-electron chi connectivity index (χ3n) is 7.08. The van der Waals surface area contributed by atoms with Crippen molar-refractivity contribution in [3.63, 3.8) is 0 Å². The van der Waals surface area contributed by atoms with Crippen LogP contribution in [-0.4, -0.2) is 15.0 Å². The van der Waals surface area contributed by atoms with Crippen LogP contribution in [0.25, 0.3) is 66.6 Å². The zero-order valence-electron chi connectivity index (χ0n) is 20.9. The van der Waals surface area contributed by atoms with Crippen LogP contribution in [0, 0.1) is 0 Å². The molecule has 0 unspecified atom stereocenters. The predicted octanol–water partition coefficient (Wildman–Crippen LogP) is 9.50. The van der Waals surface area contributed by atoms with Crippen molar-refractivity contribution in [1.82, 2.24) is 15.0 Å². The van der Waals surface area contributed by atoms with Crippen molar-refractivity contribution in [1.29, 1.82) is 0 Å². The number of rotatable bonds is 4. The summed E-state index contributed by atoms with van der Waals surface area (Å²) in [5.41, 5.74) is 6.26. The number of nitrogens with zero attached hydrogens (tertiary/aromatic N) is 3. The van der Waals surface area contributed by atoms with Gasteiger partial charge in [-0.25, -0.2) is 4.98 Å². The van der Waals surface area contributed by atoms with E-state index in [1.54, 1.807) is 0 Å². The van der Waals surface area contributed by atoms with Gasteiger partial charge in [-0.1, -0.05) is 127 Å². The van der Waals surface area contributed by atoms with Crippen LogP contribution in [0.15, 0.2) is 133 Å². The molecular weight excluding hydrogens is 498 g/mol. The molecule has 0 atom stereocenters. The van der Waals surface area contributed by atoms with Crippen molar-refractivity contribution >= 4 is 33.1 Å². The van der Waals surface area contributed by atoms with Crippen LogP contribution in [0.4, 0.5) is 0 Å². The minimum absolute atomic E-state index is 0.167. The summed E-state index contributed by atoms with van der Waals surface area (Å²) in [7, 11) is 0. The lowest BCUT2D eigenvalue weighted by molar-refractivity contribution is 1.07. The Bertz CT molecular complexity index is 1970. The van der Waals surface area contributed by atoms with Crippen LogP contribution in [0.2, 0.25) is 5.28 Å². The molecule has 0 saturated heterocycles. The van der Waals surface area contributed by atoms with E-state index in [0.717, 1.165) is 33.4 Å². The zero-order valence-corrected chi connectivity index (χ0v) is 21.7. The van der Waals surface area contributed by atoms with Gasteiger partial charge in [0.2, 0.25) is 5.28 Å². The molecule has 0 aliphatic heterocycles. The quantitative estimate of drug-likeness (QED) is 0.217. The van der Waals surface area contributed by atoms with Gasteiger partial charge in [0.1, 0.15) is 0 Å². The first-order chi connectivity index (χ1) is 19.2. The minimum atomic E-state index is 0.167. The largest absolute Gasteiger partial charge is 0.226 e. The van der Waals surface area contributed by atoms with E-state index in [-0.39, 0.29) is 5.28 Å². The van der Waals surface area contributed by atoms with Crippen LogP contribution in [0.3, 0.4) is 0 Å². The monoisotopic (exact) mass is 519 g/mol. The van der Waals surface area contributed by atoms with E-state index >= 15 is 0 Å². The molecule has 7 aromatic rings. The SMILES string of the molecule is Clc1nc(-c2ccc(-c3ccccc3)cc2)nc(-c2ccccc2-c2cc3ccccc3c3ccccc23)n1. The molecule has 0 aliphatic carbocycles. The highest BCUT2D eigenvalue weighted by Gasteiger charge is 2.16. The number of benzene rings is 6. The summed E-state index contributed by atoms with van der Waals surface area (Å²) in [4.78, 5) is 13.9. The Morgan fingerprint density at radius 1 is 0.385 bits per heavy atom. The number of aromatic nitrogens is 3. The summed E-state index contributed by atoms with van der Waals surface area (Å²) in [6.45, 7) is 0. The number of fused-ring (bicyclic) bond motifs is 3. The van der Waals surface area contributed by atoms with Gasteiger partial charge < -0.3 is 0 Å². The Labute approximate surface area is 231 Å². The van der Waals surface area contributed by atoms with Gasteiger partial charge in [0.05, 0.1) is 0 Å². The second-order valence-electron chi connectivity index (χ2n) is 9.43. The highest BCUT2D eigenvalue weighted by atomic mass is 35.5. The molecule has 6 aromatic carbocycles. The van der Waals surface area contributed by atoms with Crippen molar-refractivity contribution in [3.8, 4) is 45.0 Å². The fourth-order valence-corrected chi connectivity index (χ4v) is 5.39. The molecule has 1 aromatic heterocycles. The molecular formula is C35H22ClN3. The maximum Gasteiger partial charge on any atom is 0.226 e. The van der Waals surface area contributed by atoms with Crippen molar-refractivity contribution in [2.45, 2.75) is 0 Å². The van der Waals surface area contributed by atoms with E-state index in [4.69, 9.17) is 16.6 Å². The first kappa shape index (κ1) is 23.3. The third-order valence-corrected chi connectivity index (χ3v) is 7.25. The fourth-order valence-electron chi connectivity index (χ4n) is 5.23. The second kappa shape index (κ2) is 9.79. The standard InChI is InChI=1S/C35H22ClN3/c36-35-38-33(25-20-18-24(19-21-25)23-10-2-1-3-11-23)37-34(39-35)31-17-9-8-16-30(31)32-22-26-12-4-5-13-27(26)28-14-6-7-15-29(28)32/h1-22H. The molecule has 1 heterocycles. The average molecular weight is 520 g/mol. The lowest BCUT2D eigenvalue weighted by Crippen LogP contribution is -1.99. The molecule has 0 radical (unpaired) electrons. The van der Waals surface area contributed by atoms with E-state index in [1.807, 2.05) is 42.5 Å². The normalized spacial score (nSPS) is 11.2. The first-order valence-electron chi connectivity index (χ1n) is 12.8. The van der Waals surface area contributed by atoms with Gasteiger partial charge in [-0.3, -0.25) is 0 Å². The van der Waals surface area contributed by atoms with Gasteiger partial charge in [0, 0.05) is 11.1 Å². The third kappa shape index (κ3) is 4.33. The summed E-state index contributed by atoms with van der Waals surface area (Å²) in [5, 5.41) is 4.99. The predicted molar refractivity (Wildman–Crippen MR) is 162 cm³/mol. The van der Waals surface area contributed by atoms with E-state index in [0.29, 0.717) is 11.6 Å². The average Bonchev–Trinajstić information content (AvgIpc) is 3.01. The van der Waals surface area contributed by atoms with Crippen molar-refractivity contribution < 1.29 is 0 Å². The van der Waals surface area contributed by atoms with E-state index in [2.05, 4.69) is 101 Å². The Morgan fingerprint density at radius 2 is 0.949 bits per heavy atom. The van der Waals surface area contributed by atoms with Gasteiger partial charge in [0.25, 0.3) is 0 Å². The highest BCUT2D eigenvalue weighted by molar-refractivity contribution is 6.28. The van der Waals surface area contributed by atoms with E-state index in [1.165, 1.54) is 21.5 Å². The minimum Gasteiger partial charge on any atom is -0.208 e. The molecule has 0 amide bonds. The zero-order chi connectivity index (χ0) is 26.2. The summed E-state index contributed by atoms with van der Waals surface area (Å²) >= 11 is 6.49. The van der Waals surface area contributed by atoms with Crippen LogP contribution in [-0.2, 0) is 0 Å². The second-order valence-corrected chi connectivity index (χ2v) is 9.77. The number of hydrogen-bond acceptors (Lipinski definition) is 3. The smallest absolute Gasteiger partial charge is 0.208 e. The number of halogens is 1. The Balaban J connectivity index is 1.37. The molecule has 0 spiro atoms. The Hall–Kier alpha value is -4.86. The molecule has 0 saturated carbocycles. The maximum absolute atomic E-state index is 6.49. The molecule has 4 heteroatoms. The van der Waals surface area contributed by atoms with Crippen molar-refractivity contribution in [3.05, 3.63) is 139 Å². The lowest BCUT2D eigenvalue weighted by Gasteiger charge is -2.14. The van der Waals surface area contributed by atoms with Gasteiger partial charge in [-0.05, 0) is 61.5 Å². The van der Waals surface area contributed by atoms with Gasteiger partial charge in [0.15, 0.2) is 11.6 Å². The molecule has 3 nitrogen and oxygen atoms in total. The molecule has 0 N–H and O–H groups in total. The van der Waals surface area contributed by atoms with Crippen LogP contribution >= 0.6 is 11.6 Å². The molecule has 0 fully saturated rings. The first-order valence-corrected chi connectivity index (χ1v) is 13.2. The van der Waals surface area contributed by atoms with E-state index in [9.17, 15) is 0 Å². The Kier molecular flexibility index (Phi) is 5.84. The van der Waals surface area contributed by atoms with Gasteiger partial charge in [-0.2, -0.15) is 9.97 Å². The summed E-state index contributed by atoms with van der Waals surface area (Å²) in [6.07, 6.45) is 0. The van der Waals surface area contributed by atoms with Crippen molar-refractivity contribution in [2.24, 2.45) is 0 Å². The molecule has 0 bridgehead atoms. The topological polar surface area (TPSA) is 38.7 Å². The molecule has 39 heavy (non-hydrogen) atoms. The van der Waals surface area contributed by atoms with Crippen LogP contribution < -0.4 is 0 Å². The van der Waals surface area contributed by atoms with Crippen LogP contribution in [0.5, 0.6) is 0 Å².